The zero-order valence-electron chi connectivity index (χ0n) is 14.9. The van der Waals surface area contributed by atoms with Crippen molar-refractivity contribution in [3.8, 4) is 0 Å². The first kappa shape index (κ1) is 19.5. The Kier molecular flexibility index (Phi) is 6.21. The Labute approximate surface area is 161 Å². The van der Waals surface area contributed by atoms with Gasteiger partial charge in [0, 0.05) is 41.4 Å². The Morgan fingerprint density at radius 1 is 1.07 bits per heavy atom. The van der Waals surface area contributed by atoms with Crippen molar-refractivity contribution in [3.05, 3.63) is 57.8 Å². The van der Waals surface area contributed by atoms with Crippen LogP contribution in [0.1, 0.15) is 48.0 Å². The molecule has 0 spiro atoms. The minimum Gasteiger partial charge on any atom is -0.355 e. The standard InChI is InChI=1S/C20H22F2N2O2S/c21-15-4-3-5-16(22)18(15)20(8-1-2-9-20)13-24-17(25)6-10-23-19(26)14-7-11-27-12-14/h3-5,7,11-12H,1-2,6,8-10,13H2,(H,23,26)(H,24,25). The summed E-state index contributed by atoms with van der Waals surface area (Å²) in [4.78, 5) is 24.0. The van der Waals surface area contributed by atoms with E-state index in [9.17, 15) is 18.4 Å². The van der Waals surface area contributed by atoms with E-state index in [1.165, 1.54) is 29.5 Å². The lowest BCUT2D eigenvalue weighted by atomic mass is 9.78. The molecule has 0 atom stereocenters. The molecule has 1 aliphatic carbocycles. The van der Waals surface area contributed by atoms with E-state index in [0.717, 1.165) is 12.8 Å². The number of nitrogens with one attached hydrogen (secondary N) is 2. The van der Waals surface area contributed by atoms with Crippen LogP contribution in [0, 0.1) is 11.6 Å². The van der Waals surface area contributed by atoms with Crippen molar-refractivity contribution in [2.24, 2.45) is 0 Å². The molecule has 2 N–H and O–H groups in total. The van der Waals surface area contributed by atoms with Crippen molar-refractivity contribution in [3.63, 3.8) is 0 Å². The molecule has 1 fully saturated rings. The first-order valence-electron chi connectivity index (χ1n) is 9.03. The third-order valence-electron chi connectivity index (χ3n) is 5.10. The Morgan fingerprint density at radius 2 is 1.78 bits per heavy atom. The number of benzene rings is 1. The van der Waals surface area contributed by atoms with E-state index < -0.39 is 17.0 Å². The minimum absolute atomic E-state index is 0.0774. The average Bonchev–Trinajstić information content (AvgIpc) is 3.32. The van der Waals surface area contributed by atoms with E-state index in [4.69, 9.17) is 0 Å². The lowest BCUT2D eigenvalue weighted by Gasteiger charge is -2.30. The molecule has 2 aromatic rings. The summed E-state index contributed by atoms with van der Waals surface area (Å²) in [6.45, 7) is 0.406. The van der Waals surface area contributed by atoms with Gasteiger partial charge in [0.1, 0.15) is 11.6 Å². The van der Waals surface area contributed by atoms with Crippen LogP contribution in [0.2, 0.25) is 0 Å². The summed E-state index contributed by atoms with van der Waals surface area (Å²) in [5.41, 5.74) is -0.0562. The van der Waals surface area contributed by atoms with Gasteiger partial charge in [-0.1, -0.05) is 18.9 Å². The normalized spacial score (nSPS) is 15.5. The average molecular weight is 392 g/mol. The molecule has 1 aromatic heterocycles. The molecule has 0 aliphatic heterocycles. The Hall–Kier alpha value is -2.28. The lowest BCUT2D eigenvalue weighted by Crippen LogP contribution is -2.41. The molecule has 0 saturated heterocycles. The van der Waals surface area contributed by atoms with Gasteiger partial charge >= 0.3 is 0 Å². The number of hydrogen-bond acceptors (Lipinski definition) is 3. The highest BCUT2D eigenvalue weighted by molar-refractivity contribution is 7.08. The highest BCUT2D eigenvalue weighted by Gasteiger charge is 2.40. The minimum atomic E-state index is -0.703. The molecule has 1 aliphatic rings. The molecule has 1 saturated carbocycles. The maximum atomic E-state index is 14.3. The van der Waals surface area contributed by atoms with Gasteiger partial charge in [-0.05, 0) is 36.4 Å². The number of carbonyl (C=O) groups is 2. The first-order chi connectivity index (χ1) is 13.0. The van der Waals surface area contributed by atoms with Crippen LogP contribution in [0.3, 0.4) is 0 Å². The van der Waals surface area contributed by atoms with Gasteiger partial charge in [-0.15, -0.1) is 0 Å². The van der Waals surface area contributed by atoms with Gasteiger partial charge in [0.25, 0.3) is 5.91 Å². The monoisotopic (exact) mass is 392 g/mol. The summed E-state index contributed by atoms with van der Waals surface area (Å²) in [6.07, 6.45) is 3.15. The number of rotatable bonds is 7. The quantitative estimate of drug-likeness (QED) is 0.754. The van der Waals surface area contributed by atoms with Crippen LogP contribution in [-0.4, -0.2) is 24.9 Å². The molecule has 0 radical (unpaired) electrons. The molecule has 0 bridgehead atoms. The predicted molar refractivity (Wildman–Crippen MR) is 101 cm³/mol. The van der Waals surface area contributed by atoms with Gasteiger partial charge in [0.2, 0.25) is 5.91 Å². The fourth-order valence-corrected chi connectivity index (χ4v) is 4.35. The third kappa shape index (κ3) is 4.53. The summed E-state index contributed by atoms with van der Waals surface area (Å²) in [5, 5.41) is 9.04. The Bertz CT molecular complexity index is 782. The van der Waals surface area contributed by atoms with Crippen molar-refractivity contribution in [1.29, 1.82) is 0 Å². The fourth-order valence-electron chi connectivity index (χ4n) is 3.71. The molecule has 3 rings (SSSR count). The van der Waals surface area contributed by atoms with Gasteiger partial charge in [-0.25, -0.2) is 8.78 Å². The van der Waals surface area contributed by atoms with Crippen molar-refractivity contribution in [1.82, 2.24) is 10.6 Å². The number of thiophene rings is 1. The summed E-state index contributed by atoms with van der Waals surface area (Å²) in [7, 11) is 0. The van der Waals surface area contributed by atoms with Gasteiger partial charge in [-0.2, -0.15) is 11.3 Å². The largest absolute Gasteiger partial charge is 0.355 e. The lowest BCUT2D eigenvalue weighted by molar-refractivity contribution is -0.121. The SMILES string of the molecule is O=C(CCNC(=O)c1ccsc1)NCC1(c2c(F)cccc2F)CCCC1. The van der Waals surface area contributed by atoms with E-state index in [-0.39, 0.29) is 36.9 Å². The Balaban J connectivity index is 1.55. The molecule has 1 aromatic carbocycles. The summed E-state index contributed by atoms with van der Waals surface area (Å²) in [6, 6.07) is 5.60. The molecular weight excluding hydrogens is 370 g/mol. The summed E-state index contributed by atoms with van der Waals surface area (Å²) >= 11 is 1.43. The van der Waals surface area contributed by atoms with Crippen LogP contribution in [-0.2, 0) is 10.2 Å². The van der Waals surface area contributed by atoms with Crippen molar-refractivity contribution < 1.29 is 18.4 Å². The van der Waals surface area contributed by atoms with E-state index in [2.05, 4.69) is 10.6 Å². The molecule has 0 unspecified atom stereocenters. The molecule has 1 heterocycles. The number of hydrogen-bond donors (Lipinski definition) is 2. The third-order valence-corrected chi connectivity index (χ3v) is 5.78. The maximum Gasteiger partial charge on any atom is 0.252 e. The maximum absolute atomic E-state index is 14.3. The van der Waals surface area contributed by atoms with Gasteiger partial charge in [-0.3, -0.25) is 9.59 Å². The van der Waals surface area contributed by atoms with Crippen molar-refractivity contribution in [2.45, 2.75) is 37.5 Å². The van der Waals surface area contributed by atoms with Crippen LogP contribution in [0.25, 0.3) is 0 Å². The van der Waals surface area contributed by atoms with Crippen LogP contribution in [0.15, 0.2) is 35.0 Å². The van der Waals surface area contributed by atoms with Crippen LogP contribution < -0.4 is 10.6 Å². The highest BCUT2D eigenvalue weighted by Crippen LogP contribution is 2.42. The second-order valence-electron chi connectivity index (χ2n) is 6.88. The van der Waals surface area contributed by atoms with Crippen molar-refractivity contribution >= 4 is 23.2 Å². The molecule has 144 valence electrons. The highest BCUT2D eigenvalue weighted by atomic mass is 32.1. The molecule has 7 heteroatoms. The van der Waals surface area contributed by atoms with Gasteiger partial charge in [0.15, 0.2) is 0 Å². The topological polar surface area (TPSA) is 58.2 Å². The number of amides is 2. The van der Waals surface area contributed by atoms with Crippen molar-refractivity contribution in [2.75, 3.05) is 13.1 Å². The van der Waals surface area contributed by atoms with Crippen LogP contribution in [0.5, 0.6) is 0 Å². The molecule has 2 amide bonds. The van der Waals surface area contributed by atoms with Gasteiger partial charge in [0.05, 0.1) is 0 Å². The van der Waals surface area contributed by atoms with Crippen LogP contribution >= 0.6 is 11.3 Å². The summed E-state index contributed by atoms with van der Waals surface area (Å²) < 4.78 is 28.6. The predicted octanol–water partition coefficient (Wildman–Crippen LogP) is 3.77. The number of halogens is 2. The first-order valence-corrected chi connectivity index (χ1v) is 9.98. The van der Waals surface area contributed by atoms with E-state index in [1.54, 1.807) is 11.4 Å². The Morgan fingerprint density at radius 3 is 2.41 bits per heavy atom. The molecular formula is C20H22F2N2O2S. The summed E-state index contributed by atoms with van der Waals surface area (Å²) in [5.74, 6) is -1.59. The second-order valence-corrected chi connectivity index (χ2v) is 7.66. The van der Waals surface area contributed by atoms with Crippen LogP contribution in [0.4, 0.5) is 8.78 Å². The van der Waals surface area contributed by atoms with E-state index in [1.807, 2.05) is 5.38 Å². The van der Waals surface area contributed by atoms with E-state index in [0.29, 0.717) is 18.4 Å². The molecule has 4 nitrogen and oxygen atoms in total. The smallest absolute Gasteiger partial charge is 0.252 e. The van der Waals surface area contributed by atoms with E-state index >= 15 is 0 Å². The zero-order valence-corrected chi connectivity index (χ0v) is 15.7. The zero-order chi connectivity index (χ0) is 19.3. The second kappa shape index (κ2) is 8.61. The number of carbonyl (C=O) groups excluding carboxylic acids is 2. The van der Waals surface area contributed by atoms with Gasteiger partial charge < -0.3 is 10.6 Å². The molecule has 27 heavy (non-hydrogen) atoms. The fraction of sp³-hybridized carbons (Fsp3) is 0.400.